The molecule has 3 atom stereocenters. The normalized spacial score (nSPS) is 29.9. The lowest BCUT2D eigenvalue weighted by molar-refractivity contribution is -0.164. The molecule has 0 radical (unpaired) electrons. The van der Waals surface area contributed by atoms with Gasteiger partial charge in [-0.15, -0.1) is 4.28 Å². The highest BCUT2D eigenvalue weighted by molar-refractivity contribution is 7.80. The zero-order valence-corrected chi connectivity index (χ0v) is 17.3. The van der Waals surface area contributed by atoms with Crippen LogP contribution in [0.1, 0.15) is 40.0 Å². The first kappa shape index (κ1) is 21.7. The summed E-state index contributed by atoms with van der Waals surface area (Å²) in [7, 11) is -4.87. The van der Waals surface area contributed by atoms with Gasteiger partial charge in [0.25, 0.3) is 0 Å². The fourth-order valence-corrected chi connectivity index (χ4v) is 4.21. The molecule has 0 aromatic carbocycles. The van der Waals surface area contributed by atoms with E-state index in [1.54, 1.807) is 20.8 Å². The molecule has 3 amide bonds. The molecule has 2 bridgehead atoms. The predicted molar refractivity (Wildman–Crippen MR) is 97.6 cm³/mol. The molecule has 3 rings (SSSR count). The maximum absolute atomic E-state index is 13.0. The molecule has 3 aliphatic rings. The Labute approximate surface area is 168 Å². The number of carbonyl (C=O) groups excluding carboxylic acids is 3. The van der Waals surface area contributed by atoms with Gasteiger partial charge in [0.15, 0.2) is 5.54 Å². The van der Waals surface area contributed by atoms with E-state index >= 15 is 0 Å². The van der Waals surface area contributed by atoms with Crippen LogP contribution in [0.2, 0.25) is 0 Å². The van der Waals surface area contributed by atoms with E-state index in [0.29, 0.717) is 24.4 Å². The zero-order valence-electron chi connectivity index (χ0n) is 16.5. The number of fused-ring (bicyclic) bond motifs is 2. The first-order valence-corrected chi connectivity index (χ1v) is 10.7. The second kappa shape index (κ2) is 7.38. The summed E-state index contributed by atoms with van der Waals surface area (Å²) in [5, 5.41) is 6.37. The molecule has 3 fully saturated rings. The molecule has 13 heteroatoms. The monoisotopic (exact) mass is 434 g/mol. The van der Waals surface area contributed by atoms with Crippen LogP contribution in [0.3, 0.4) is 0 Å². The standard InChI is InChI=1S/C16H26N4O8S/c1-15(2,3)27-13(22)16(6-7-17-9-16)18-12(21)11-5-4-10-8-19(11)14(23)20(10)28-29(24,25)26/h10-11,17H,4-9H2,1-3H3,(H,18,21)(H,24,25,26)/t10-,11+,16-/m1/s1. The topological polar surface area (TPSA) is 155 Å². The minimum atomic E-state index is -4.87. The lowest BCUT2D eigenvalue weighted by atomic mass is 9.95. The Kier molecular flexibility index (Phi) is 5.53. The molecule has 0 aliphatic carbocycles. The molecular formula is C16H26N4O8S. The van der Waals surface area contributed by atoms with E-state index in [-0.39, 0.29) is 19.5 Å². The van der Waals surface area contributed by atoms with Crippen molar-refractivity contribution in [2.45, 2.75) is 63.3 Å². The van der Waals surface area contributed by atoms with E-state index in [0.717, 1.165) is 0 Å². The van der Waals surface area contributed by atoms with Crippen molar-refractivity contribution in [3.05, 3.63) is 0 Å². The molecule has 0 aromatic rings. The highest BCUT2D eigenvalue weighted by Gasteiger charge is 2.52. The van der Waals surface area contributed by atoms with Crippen LogP contribution >= 0.6 is 0 Å². The summed E-state index contributed by atoms with van der Waals surface area (Å²) in [4.78, 5) is 39.4. The number of ether oxygens (including phenoxy) is 1. The third-order valence-corrected chi connectivity index (χ3v) is 5.46. The quantitative estimate of drug-likeness (QED) is 0.372. The van der Waals surface area contributed by atoms with Gasteiger partial charge >= 0.3 is 22.4 Å². The number of nitrogens with one attached hydrogen (secondary N) is 2. The van der Waals surface area contributed by atoms with Gasteiger partial charge in [0.05, 0.1) is 6.04 Å². The summed E-state index contributed by atoms with van der Waals surface area (Å²) >= 11 is 0. The van der Waals surface area contributed by atoms with Crippen LogP contribution in [-0.4, -0.2) is 83.7 Å². The lowest BCUT2D eigenvalue weighted by Crippen LogP contribution is -2.62. The summed E-state index contributed by atoms with van der Waals surface area (Å²) < 4.78 is 40.7. The molecule has 3 N–H and O–H groups in total. The summed E-state index contributed by atoms with van der Waals surface area (Å²) in [6, 6.07) is -2.32. The molecule has 0 unspecified atom stereocenters. The van der Waals surface area contributed by atoms with Crippen molar-refractivity contribution in [1.82, 2.24) is 20.6 Å². The number of urea groups is 1. The van der Waals surface area contributed by atoms with Crippen molar-refractivity contribution < 1.29 is 36.4 Å². The third kappa shape index (κ3) is 4.63. The van der Waals surface area contributed by atoms with Gasteiger partial charge in [-0.25, -0.2) is 9.59 Å². The molecule has 0 aromatic heterocycles. The van der Waals surface area contributed by atoms with Gasteiger partial charge in [0, 0.05) is 13.1 Å². The van der Waals surface area contributed by atoms with Gasteiger partial charge < -0.3 is 20.3 Å². The molecular weight excluding hydrogens is 408 g/mol. The Bertz CT molecular complexity index is 802. The maximum atomic E-state index is 13.0. The van der Waals surface area contributed by atoms with Gasteiger partial charge in [0.1, 0.15) is 11.6 Å². The van der Waals surface area contributed by atoms with Gasteiger partial charge in [0.2, 0.25) is 5.91 Å². The largest absolute Gasteiger partial charge is 0.458 e. The Balaban J connectivity index is 1.73. The number of esters is 1. The van der Waals surface area contributed by atoms with E-state index in [4.69, 9.17) is 9.29 Å². The fourth-order valence-electron chi connectivity index (χ4n) is 3.82. The van der Waals surface area contributed by atoms with E-state index in [1.807, 2.05) is 0 Å². The molecule has 3 saturated heterocycles. The Morgan fingerprint density at radius 3 is 2.55 bits per heavy atom. The number of hydrogen-bond donors (Lipinski definition) is 3. The van der Waals surface area contributed by atoms with Crippen LogP contribution in [0.25, 0.3) is 0 Å². The summed E-state index contributed by atoms with van der Waals surface area (Å²) in [5.74, 6) is -1.08. The number of rotatable bonds is 5. The van der Waals surface area contributed by atoms with Crippen molar-refractivity contribution in [1.29, 1.82) is 0 Å². The minimum absolute atomic E-state index is 0.0735. The van der Waals surface area contributed by atoms with E-state index in [9.17, 15) is 22.8 Å². The van der Waals surface area contributed by atoms with Crippen LogP contribution in [-0.2, 0) is 29.0 Å². The minimum Gasteiger partial charge on any atom is -0.458 e. The van der Waals surface area contributed by atoms with Gasteiger partial charge in [-0.05, 0) is 46.6 Å². The van der Waals surface area contributed by atoms with Crippen LogP contribution in [0, 0.1) is 0 Å². The van der Waals surface area contributed by atoms with E-state index in [1.165, 1.54) is 4.90 Å². The Morgan fingerprint density at radius 2 is 2.00 bits per heavy atom. The van der Waals surface area contributed by atoms with Crippen molar-refractivity contribution in [3.8, 4) is 0 Å². The second-order valence-corrected chi connectivity index (χ2v) is 9.51. The molecule has 3 heterocycles. The first-order chi connectivity index (χ1) is 13.3. The highest BCUT2D eigenvalue weighted by Crippen LogP contribution is 2.31. The van der Waals surface area contributed by atoms with Crippen molar-refractivity contribution in [2.24, 2.45) is 0 Å². The van der Waals surface area contributed by atoms with E-state index in [2.05, 4.69) is 14.9 Å². The number of amides is 3. The number of nitrogens with zero attached hydrogens (tertiary/aromatic N) is 2. The lowest BCUT2D eigenvalue weighted by Gasteiger charge is -2.35. The number of hydroxylamine groups is 2. The number of hydrogen-bond acceptors (Lipinski definition) is 8. The molecule has 0 spiro atoms. The predicted octanol–water partition coefficient (Wildman–Crippen LogP) is -0.821. The zero-order chi connectivity index (χ0) is 21.6. The number of piperidine rings is 1. The van der Waals surface area contributed by atoms with Crippen molar-refractivity contribution in [2.75, 3.05) is 19.6 Å². The Hall–Kier alpha value is -1.96. The molecule has 29 heavy (non-hydrogen) atoms. The average Bonchev–Trinajstić information content (AvgIpc) is 3.13. The smallest absolute Gasteiger partial charge is 0.418 e. The second-order valence-electron chi connectivity index (χ2n) is 8.51. The molecule has 12 nitrogen and oxygen atoms in total. The maximum Gasteiger partial charge on any atom is 0.418 e. The van der Waals surface area contributed by atoms with Crippen molar-refractivity contribution in [3.63, 3.8) is 0 Å². The van der Waals surface area contributed by atoms with Crippen LogP contribution < -0.4 is 10.6 Å². The Morgan fingerprint density at radius 1 is 1.31 bits per heavy atom. The van der Waals surface area contributed by atoms with Crippen LogP contribution in [0.15, 0.2) is 0 Å². The molecule has 164 valence electrons. The number of carbonyl (C=O) groups is 3. The highest BCUT2D eigenvalue weighted by atomic mass is 32.3. The van der Waals surface area contributed by atoms with Gasteiger partial charge in [-0.2, -0.15) is 13.5 Å². The SMILES string of the molecule is CC(C)(C)OC(=O)[C@@]1(NC(=O)[C@@H]2CC[C@@H]3CN2C(=O)N3OS(=O)(=O)O)CCNC1. The van der Waals surface area contributed by atoms with Crippen LogP contribution in [0.5, 0.6) is 0 Å². The van der Waals surface area contributed by atoms with Gasteiger partial charge in [-0.1, -0.05) is 0 Å². The van der Waals surface area contributed by atoms with Crippen molar-refractivity contribution >= 4 is 28.3 Å². The van der Waals surface area contributed by atoms with E-state index < -0.39 is 51.5 Å². The molecule has 3 aliphatic heterocycles. The fraction of sp³-hybridized carbons (Fsp3) is 0.812. The average molecular weight is 434 g/mol. The summed E-state index contributed by atoms with van der Waals surface area (Å²) in [6.07, 6.45) is 0.897. The third-order valence-electron chi connectivity index (χ3n) is 5.11. The first-order valence-electron chi connectivity index (χ1n) is 9.34. The summed E-state index contributed by atoms with van der Waals surface area (Å²) in [6.45, 7) is 5.99. The molecule has 0 saturated carbocycles. The van der Waals surface area contributed by atoms with Crippen LogP contribution in [0.4, 0.5) is 4.79 Å². The summed E-state index contributed by atoms with van der Waals surface area (Å²) in [5.41, 5.74) is -1.97. The van der Waals surface area contributed by atoms with Gasteiger partial charge in [-0.3, -0.25) is 9.35 Å².